The van der Waals surface area contributed by atoms with E-state index >= 15 is 0 Å². The molecule has 1 saturated heterocycles. The second kappa shape index (κ2) is 8.82. The van der Waals surface area contributed by atoms with Crippen LogP contribution in [-0.2, 0) is 4.79 Å². The van der Waals surface area contributed by atoms with Crippen LogP contribution in [0.5, 0.6) is 0 Å². The van der Waals surface area contributed by atoms with Gasteiger partial charge in [-0.2, -0.15) is 0 Å². The number of carbonyl (C=O) groups excluding carboxylic acids is 1. The fourth-order valence-corrected chi connectivity index (χ4v) is 6.96. The Kier molecular flexibility index (Phi) is 6.43. The van der Waals surface area contributed by atoms with Crippen LogP contribution in [-0.4, -0.2) is 62.0 Å². The van der Waals surface area contributed by atoms with E-state index in [1.807, 2.05) is 0 Å². The normalized spacial score (nSPS) is 36.5. The number of nitrogens with one attached hydrogen (secondary N) is 1. The number of carbonyl (C=O) groups is 1. The number of hydrogen-bond donors (Lipinski definition) is 1. The first-order valence-electron chi connectivity index (χ1n) is 11.8. The van der Waals surface area contributed by atoms with Crippen molar-refractivity contribution in [1.29, 1.82) is 0 Å². The van der Waals surface area contributed by atoms with Gasteiger partial charge in [-0.3, -0.25) is 4.79 Å². The quantitative estimate of drug-likeness (QED) is 0.661. The number of nitrogens with zero attached hydrogens (tertiary/aromatic N) is 2. The van der Waals surface area contributed by atoms with Crippen molar-refractivity contribution in [2.75, 3.05) is 40.3 Å². The second-order valence-electron chi connectivity index (χ2n) is 10.3. The largest absolute Gasteiger partial charge is 0.356 e. The van der Waals surface area contributed by atoms with Crippen LogP contribution in [0.4, 0.5) is 0 Å². The Bertz CT molecular complexity index is 472. The summed E-state index contributed by atoms with van der Waals surface area (Å²) in [6.07, 6.45) is 13.1. The third kappa shape index (κ3) is 4.70. The summed E-state index contributed by atoms with van der Waals surface area (Å²) in [5.74, 6) is 4.09. The van der Waals surface area contributed by atoms with E-state index in [1.54, 1.807) is 0 Å². The summed E-state index contributed by atoms with van der Waals surface area (Å²) in [5.41, 5.74) is 0. The van der Waals surface area contributed by atoms with Crippen molar-refractivity contribution in [1.82, 2.24) is 15.1 Å². The lowest BCUT2D eigenvalue weighted by Gasteiger charge is -2.53. The molecule has 0 spiro atoms. The Labute approximate surface area is 166 Å². The van der Waals surface area contributed by atoms with Crippen LogP contribution in [0.25, 0.3) is 0 Å². The van der Waals surface area contributed by atoms with Gasteiger partial charge in [-0.25, -0.2) is 0 Å². The van der Waals surface area contributed by atoms with Crippen LogP contribution in [0, 0.1) is 29.6 Å². The van der Waals surface area contributed by atoms with Crippen LogP contribution >= 0.6 is 0 Å². The number of rotatable bonds is 8. The highest BCUT2D eigenvalue weighted by molar-refractivity contribution is 5.79. The molecule has 4 heteroatoms. The van der Waals surface area contributed by atoms with Crippen molar-refractivity contribution >= 4 is 5.91 Å². The van der Waals surface area contributed by atoms with E-state index in [9.17, 15) is 4.79 Å². The highest BCUT2D eigenvalue weighted by Gasteiger charge is 2.50. The first-order valence-corrected chi connectivity index (χ1v) is 11.8. The molecule has 5 aliphatic rings. The van der Waals surface area contributed by atoms with E-state index in [0.717, 1.165) is 30.8 Å². The molecule has 0 unspecified atom stereocenters. The van der Waals surface area contributed by atoms with E-state index in [4.69, 9.17) is 0 Å². The molecule has 0 aromatic carbocycles. The summed E-state index contributed by atoms with van der Waals surface area (Å²) in [4.78, 5) is 17.8. The highest BCUT2D eigenvalue weighted by Crippen LogP contribution is 2.56. The smallest absolute Gasteiger partial charge is 0.223 e. The zero-order valence-electron chi connectivity index (χ0n) is 17.7. The van der Waals surface area contributed by atoms with Gasteiger partial charge in [0.15, 0.2) is 0 Å². The number of hydrogen-bond acceptors (Lipinski definition) is 3. The van der Waals surface area contributed by atoms with Crippen LogP contribution in [0.3, 0.4) is 0 Å². The molecule has 0 radical (unpaired) electrons. The van der Waals surface area contributed by atoms with Gasteiger partial charge in [-0.15, -0.1) is 0 Å². The molecule has 4 aliphatic carbocycles. The lowest BCUT2D eigenvalue weighted by atomic mass is 9.51. The molecule has 1 aliphatic heterocycles. The maximum absolute atomic E-state index is 12.8. The lowest BCUT2D eigenvalue weighted by Crippen LogP contribution is -2.51. The van der Waals surface area contributed by atoms with Crippen LogP contribution in [0.15, 0.2) is 0 Å². The van der Waals surface area contributed by atoms with Gasteiger partial charge in [0.25, 0.3) is 0 Å². The standard InChI is InChI=1S/C23H41N3O/c1-25-10-6-21(7-11-25)26(2)9-5-3-4-8-24-23(27)22-19-13-17-12-18(15-19)16-20(22)14-17/h17-22H,3-16H2,1-2H3,(H,24,27). The fraction of sp³-hybridized carbons (Fsp3) is 0.957. The molecular formula is C23H41N3O. The third-order valence-electron chi connectivity index (χ3n) is 8.33. The summed E-state index contributed by atoms with van der Waals surface area (Å²) < 4.78 is 0. The van der Waals surface area contributed by atoms with Gasteiger partial charge < -0.3 is 15.1 Å². The van der Waals surface area contributed by atoms with Gasteiger partial charge >= 0.3 is 0 Å². The third-order valence-corrected chi connectivity index (χ3v) is 8.33. The Morgan fingerprint density at radius 3 is 2.22 bits per heavy atom. The van der Waals surface area contributed by atoms with Crippen molar-refractivity contribution in [3.63, 3.8) is 0 Å². The molecular weight excluding hydrogens is 334 g/mol. The number of amides is 1. The minimum absolute atomic E-state index is 0.355. The molecule has 154 valence electrons. The zero-order valence-corrected chi connectivity index (χ0v) is 17.7. The van der Waals surface area contributed by atoms with Gasteiger partial charge in [0, 0.05) is 18.5 Å². The van der Waals surface area contributed by atoms with Gasteiger partial charge in [-0.05, 0) is 115 Å². The summed E-state index contributed by atoms with van der Waals surface area (Å²) in [6.45, 7) is 4.58. The Hall–Kier alpha value is -0.610. The lowest BCUT2D eigenvalue weighted by molar-refractivity contribution is -0.138. The maximum atomic E-state index is 12.8. The number of unbranched alkanes of at least 4 members (excludes halogenated alkanes) is 2. The van der Waals surface area contributed by atoms with Crippen LogP contribution in [0.2, 0.25) is 0 Å². The van der Waals surface area contributed by atoms with Crippen molar-refractivity contribution < 1.29 is 4.79 Å². The van der Waals surface area contributed by atoms with E-state index in [2.05, 4.69) is 29.2 Å². The van der Waals surface area contributed by atoms with Gasteiger partial charge in [0.1, 0.15) is 0 Å². The van der Waals surface area contributed by atoms with E-state index in [1.165, 1.54) is 77.4 Å². The molecule has 5 rings (SSSR count). The predicted molar refractivity (Wildman–Crippen MR) is 111 cm³/mol. The molecule has 1 heterocycles. The monoisotopic (exact) mass is 375 g/mol. The first kappa shape index (κ1) is 19.7. The van der Waals surface area contributed by atoms with E-state index < -0.39 is 0 Å². The number of likely N-dealkylation sites (tertiary alicyclic amines) is 1. The molecule has 0 aromatic rings. The summed E-state index contributed by atoms with van der Waals surface area (Å²) in [5, 5.41) is 3.31. The Morgan fingerprint density at radius 1 is 0.963 bits per heavy atom. The van der Waals surface area contributed by atoms with E-state index in [0.29, 0.717) is 23.7 Å². The second-order valence-corrected chi connectivity index (χ2v) is 10.3. The first-order chi connectivity index (χ1) is 13.1. The molecule has 1 N–H and O–H groups in total. The molecule has 4 bridgehead atoms. The summed E-state index contributed by atoms with van der Waals surface area (Å²) in [7, 11) is 4.53. The average Bonchev–Trinajstić information content (AvgIpc) is 2.64. The van der Waals surface area contributed by atoms with Crippen molar-refractivity contribution in [3.05, 3.63) is 0 Å². The van der Waals surface area contributed by atoms with Gasteiger partial charge in [0.2, 0.25) is 5.91 Å². The highest BCUT2D eigenvalue weighted by atomic mass is 16.1. The average molecular weight is 376 g/mol. The molecule has 5 fully saturated rings. The van der Waals surface area contributed by atoms with Gasteiger partial charge in [-0.1, -0.05) is 6.42 Å². The van der Waals surface area contributed by atoms with Crippen molar-refractivity contribution in [2.45, 2.75) is 70.3 Å². The summed E-state index contributed by atoms with van der Waals surface area (Å²) >= 11 is 0. The predicted octanol–water partition coefficient (Wildman–Crippen LogP) is 3.37. The summed E-state index contributed by atoms with van der Waals surface area (Å²) in [6, 6.07) is 0.776. The maximum Gasteiger partial charge on any atom is 0.223 e. The molecule has 27 heavy (non-hydrogen) atoms. The minimum Gasteiger partial charge on any atom is -0.356 e. The van der Waals surface area contributed by atoms with Crippen LogP contribution < -0.4 is 5.32 Å². The number of piperidine rings is 1. The zero-order chi connectivity index (χ0) is 18.8. The Balaban J connectivity index is 1.09. The molecule has 0 atom stereocenters. The van der Waals surface area contributed by atoms with Crippen molar-refractivity contribution in [3.8, 4) is 0 Å². The molecule has 0 aromatic heterocycles. The molecule has 4 saturated carbocycles. The minimum atomic E-state index is 0.355. The van der Waals surface area contributed by atoms with Crippen LogP contribution in [0.1, 0.15) is 64.2 Å². The van der Waals surface area contributed by atoms with Crippen molar-refractivity contribution in [2.24, 2.45) is 29.6 Å². The molecule has 1 amide bonds. The Morgan fingerprint density at radius 2 is 1.59 bits per heavy atom. The van der Waals surface area contributed by atoms with E-state index in [-0.39, 0.29) is 0 Å². The van der Waals surface area contributed by atoms with Gasteiger partial charge in [0.05, 0.1) is 0 Å². The SMILES string of the molecule is CN1CCC(N(C)CCCCCNC(=O)C2C3CC4CC(C3)CC2C4)CC1. The topological polar surface area (TPSA) is 35.6 Å². The molecule has 4 nitrogen and oxygen atoms in total. The fourth-order valence-electron chi connectivity index (χ4n) is 6.96.